The van der Waals surface area contributed by atoms with E-state index in [9.17, 15) is 13.2 Å². The molecule has 1 rings (SSSR count). The van der Waals surface area contributed by atoms with Crippen LogP contribution < -0.4 is 0 Å². The third-order valence-electron chi connectivity index (χ3n) is 2.02. The van der Waals surface area contributed by atoms with Crippen LogP contribution >= 0.6 is 15.9 Å². The van der Waals surface area contributed by atoms with E-state index in [1.54, 1.807) is 13.8 Å². The second kappa shape index (κ2) is 3.93. The molecule has 0 aliphatic heterocycles. The Kier molecular flexibility index (Phi) is 3.24. The molecule has 0 bridgehead atoms. The number of hydrogen-bond donors (Lipinski definition) is 0. The summed E-state index contributed by atoms with van der Waals surface area (Å²) >= 11 is 3.17. The molecule has 1 aromatic rings. The standard InChI is InChI=1S/C10H10BrF3/c1-10(2,5-11)9-7(13)3-6(12)4-8(9)14/h3-4H,5H2,1-2H3. The van der Waals surface area contributed by atoms with Crippen LogP contribution in [0.15, 0.2) is 12.1 Å². The molecule has 1 aromatic carbocycles. The Labute approximate surface area is 89.3 Å². The lowest BCUT2D eigenvalue weighted by Gasteiger charge is -2.23. The second-order valence-corrected chi connectivity index (χ2v) is 4.32. The van der Waals surface area contributed by atoms with Gasteiger partial charge in [0.2, 0.25) is 0 Å². The van der Waals surface area contributed by atoms with Gasteiger partial charge in [0.05, 0.1) is 0 Å². The highest BCUT2D eigenvalue weighted by molar-refractivity contribution is 9.09. The van der Waals surface area contributed by atoms with Crippen molar-refractivity contribution >= 4 is 15.9 Å². The van der Waals surface area contributed by atoms with Crippen LogP contribution in [-0.4, -0.2) is 5.33 Å². The summed E-state index contributed by atoms with van der Waals surface area (Å²) in [7, 11) is 0. The van der Waals surface area contributed by atoms with Gasteiger partial charge in [-0.25, -0.2) is 13.2 Å². The van der Waals surface area contributed by atoms with Gasteiger partial charge in [-0.2, -0.15) is 0 Å². The molecule has 0 atom stereocenters. The molecule has 0 unspecified atom stereocenters. The Morgan fingerprint density at radius 1 is 1.14 bits per heavy atom. The molecule has 0 N–H and O–H groups in total. The maximum atomic E-state index is 13.3. The fourth-order valence-electron chi connectivity index (χ4n) is 1.26. The molecule has 0 nitrogen and oxygen atoms in total. The molecule has 0 saturated heterocycles. The van der Waals surface area contributed by atoms with E-state index in [0.29, 0.717) is 17.5 Å². The van der Waals surface area contributed by atoms with Crippen LogP contribution in [0.5, 0.6) is 0 Å². The smallest absolute Gasteiger partial charge is 0.132 e. The zero-order chi connectivity index (χ0) is 10.9. The van der Waals surface area contributed by atoms with E-state index < -0.39 is 22.9 Å². The first-order valence-electron chi connectivity index (χ1n) is 4.09. The number of halogens is 4. The van der Waals surface area contributed by atoms with Crippen molar-refractivity contribution in [2.45, 2.75) is 19.3 Å². The summed E-state index contributed by atoms with van der Waals surface area (Å²) in [4.78, 5) is 0. The lowest BCUT2D eigenvalue weighted by molar-refractivity contribution is 0.468. The zero-order valence-corrected chi connectivity index (χ0v) is 9.46. The monoisotopic (exact) mass is 266 g/mol. The summed E-state index contributed by atoms with van der Waals surface area (Å²) < 4.78 is 39.2. The molecular formula is C10H10BrF3. The average molecular weight is 267 g/mol. The minimum atomic E-state index is -0.894. The number of alkyl halides is 1. The minimum Gasteiger partial charge on any atom is -0.207 e. The van der Waals surface area contributed by atoms with Crippen LogP contribution in [0.1, 0.15) is 19.4 Å². The first kappa shape index (κ1) is 11.6. The molecule has 14 heavy (non-hydrogen) atoms. The van der Waals surface area contributed by atoms with Crippen LogP contribution in [0.25, 0.3) is 0 Å². The summed E-state index contributed by atoms with van der Waals surface area (Å²) in [5.74, 6) is -2.58. The van der Waals surface area contributed by atoms with Gasteiger partial charge in [0.1, 0.15) is 17.5 Å². The normalized spacial score (nSPS) is 11.9. The van der Waals surface area contributed by atoms with Gasteiger partial charge in [0.15, 0.2) is 0 Å². The van der Waals surface area contributed by atoms with Crippen LogP contribution in [0.3, 0.4) is 0 Å². The van der Waals surface area contributed by atoms with Crippen molar-refractivity contribution in [1.29, 1.82) is 0 Å². The Morgan fingerprint density at radius 3 is 1.93 bits per heavy atom. The molecule has 0 fully saturated rings. The summed E-state index contributed by atoms with van der Waals surface area (Å²) in [6.45, 7) is 3.36. The average Bonchev–Trinajstić information content (AvgIpc) is 2.01. The molecule has 0 spiro atoms. The van der Waals surface area contributed by atoms with Crippen molar-refractivity contribution in [3.8, 4) is 0 Å². The molecule has 4 heteroatoms. The van der Waals surface area contributed by atoms with Gasteiger partial charge in [-0.1, -0.05) is 29.8 Å². The summed E-state index contributed by atoms with van der Waals surface area (Å²) in [6, 6.07) is 1.39. The van der Waals surface area contributed by atoms with Crippen LogP contribution in [0.4, 0.5) is 13.2 Å². The Morgan fingerprint density at radius 2 is 1.57 bits per heavy atom. The van der Waals surface area contributed by atoms with Crippen LogP contribution in [0.2, 0.25) is 0 Å². The van der Waals surface area contributed by atoms with Crippen LogP contribution in [-0.2, 0) is 5.41 Å². The Bertz CT molecular complexity index is 324. The summed E-state index contributed by atoms with van der Waals surface area (Å²) in [5.41, 5.74) is -0.780. The summed E-state index contributed by atoms with van der Waals surface area (Å²) in [6.07, 6.45) is 0. The van der Waals surface area contributed by atoms with Gasteiger partial charge in [-0.3, -0.25) is 0 Å². The Hall–Kier alpha value is -0.510. The van der Waals surface area contributed by atoms with E-state index in [4.69, 9.17) is 0 Å². The highest BCUT2D eigenvalue weighted by Gasteiger charge is 2.27. The van der Waals surface area contributed by atoms with Crippen LogP contribution in [0, 0.1) is 17.5 Å². The third-order valence-corrected chi connectivity index (χ3v) is 3.42. The zero-order valence-electron chi connectivity index (χ0n) is 7.87. The van der Waals surface area contributed by atoms with Crippen molar-refractivity contribution in [1.82, 2.24) is 0 Å². The molecule has 0 aliphatic rings. The predicted octanol–water partition coefficient (Wildman–Crippen LogP) is 3.78. The molecule has 0 saturated carbocycles. The van der Waals surface area contributed by atoms with Gasteiger partial charge in [0, 0.05) is 28.4 Å². The highest BCUT2D eigenvalue weighted by Crippen LogP contribution is 2.30. The molecule has 0 aliphatic carbocycles. The molecule has 0 heterocycles. The molecule has 0 amide bonds. The van der Waals surface area contributed by atoms with Crippen molar-refractivity contribution < 1.29 is 13.2 Å². The van der Waals surface area contributed by atoms with Gasteiger partial charge in [-0.15, -0.1) is 0 Å². The molecule has 78 valence electrons. The van der Waals surface area contributed by atoms with Crippen molar-refractivity contribution in [2.75, 3.05) is 5.33 Å². The van der Waals surface area contributed by atoms with Gasteiger partial charge in [-0.05, 0) is 0 Å². The molecular weight excluding hydrogens is 257 g/mol. The largest absolute Gasteiger partial charge is 0.207 e. The SMILES string of the molecule is CC(C)(CBr)c1c(F)cc(F)cc1F. The molecule has 0 aromatic heterocycles. The predicted molar refractivity (Wildman–Crippen MR) is 53.1 cm³/mol. The first-order valence-corrected chi connectivity index (χ1v) is 5.21. The second-order valence-electron chi connectivity index (χ2n) is 3.76. The number of hydrogen-bond acceptors (Lipinski definition) is 0. The highest BCUT2D eigenvalue weighted by atomic mass is 79.9. The van der Waals surface area contributed by atoms with E-state index in [2.05, 4.69) is 15.9 Å². The van der Waals surface area contributed by atoms with E-state index >= 15 is 0 Å². The topological polar surface area (TPSA) is 0 Å². The fraction of sp³-hybridized carbons (Fsp3) is 0.400. The maximum absolute atomic E-state index is 13.3. The Balaban J connectivity index is 3.35. The maximum Gasteiger partial charge on any atom is 0.132 e. The lowest BCUT2D eigenvalue weighted by atomic mass is 9.86. The molecule has 0 radical (unpaired) electrons. The van der Waals surface area contributed by atoms with E-state index in [0.717, 1.165) is 0 Å². The van der Waals surface area contributed by atoms with E-state index in [1.807, 2.05) is 0 Å². The van der Waals surface area contributed by atoms with Gasteiger partial charge in [0.25, 0.3) is 0 Å². The van der Waals surface area contributed by atoms with Gasteiger partial charge < -0.3 is 0 Å². The van der Waals surface area contributed by atoms with E-state index in [1.165, 1.54) is 0 Å². The fourth-order valence-corrected chi connectivity index (χ4v) is 1.54. The van der Waals surface area contributed by atoms with Crippen molar-refractivity contribution in [2.24, 2.45) is 0 Å². The number of rotatable bonds is 2. The van der Waals surface area contributed by atoms with E-state index in [-0.39, 0.29) is 5.56 Å². The first-order chi connectivity index (χ1) is 6.38. The van der Waals surface area contributed by atoms with Crippen molar-refractivity contribution in [3.05, 3.63) is 35.1 Å². The lowest BCUT2D eigenvalue weighted by Crippen LogP contribution is -2.22. The summed E-state index contributed by atoms with van der Waals surface area (Å²) in [5, 5.41) is 0.402. The number of benzene rings is 1. The minimum absolute atomic E-state index is 0.0872. The third kappa shape index (κ3) is 2.11. The van der Waals surface area contributed by atoms with Gasteiger partial charge >= 0.3 is 0 Å². The quantitative estimate of drug-likeness (QED) is 0.715. The van der Waals surface area contributed by atoms with Crippen molar-refractivity contribution in [3.63, 3.8) is 0 Å².